The van der Waals surface area contributed by atoms with Gasteiger partial charge in [0.05, 0.1) is 6.21 Å². The first-order valence-electron chi connectivity index (χ1n) is 8.26. The second-order valence-electron chi connectivity index (χ2n) is 5.91. The molecule has 0 aliphatic carbocycles. The minimum Gasteiger partial charge on any atom is -0.455 e. The van der Waals surface area contributed by atoms with Gasteiger partial charge in [0.25, 0.3) is 0 Å². The lowest BCUT2D eigenvalue weighted by atomic mass is 10.1. The Hall–Kier alpha value is -2.77. The molecule has 0 atom stereocenters. The van der Waals surface area contributed by atoms with E-state index in [0.717, 1.165) is 26.9 Å². The molecule has 0 amide bonds. The summed E-state index contributed by atoms with van der Waals surface area (Å²) >= 11 is 8.87. The van der Waals surface area contributed by atoms with Gasteiger partial charge >= 0.3 is 0 Å². The van der Waals surface area contributed by atoms with E-state index in [0.29, 0.717) is 16.4 Å². The maximum Gasteiger partial charge on any atom is 0.216 e. The summed E-state index contributed by atoms with van der Waals surface area (Å²) in [6.07, 6.45) is 1.63. The Morgan fingerprint density at radius 2 is 1.81 bits per heavy atom. The van der Waals surface area contributed by atoms with Crippen molar-refractivity contribution in [3.63, 3.8) is 0 Å². The third-order valence-electron chi connectivity index (χ3n) is 4.10. The zero-order chi connectivity index (χ0) is 18.8. The summed E-state index contributed by atoms with van der Waals surface area (Å²) in [6.45, 7) is 2.03. The largest absolute Gasteiger partial charge is 0.455 e. The highest BCUT2D eigenvalue weighted by atomic mass is 79.9. The summed E-state index contributed by atoms with van der Waals surface area (Å²) in [4.78, 5) is 0. The normalized spacial score (nSPS) is 11.3. The SMILES string of the molecule is Cc1ccccc1-c1n[nH]c(=S)n1N=Cc1ccc(-c2ccccc2Br)o1. The van der Waals surface area contributed by atoms with Crippen LogP contribution in [0, 0.1) is 11.7 Å². The van der Waals surface area contributed by atoms with Crippen molar-refractivity contribution in [3.8, 4) is 22.7 Å². The quantitative estimate of drug-likeness (QED) is 0.322. The van der Waals surface area contributed by atoms with Crippen LogP contribution in [0.3, 0.4) is 0 Å². The number of hydrogen-bond donors (Lipinski definition) is 1. The van der Waals surface area contributed by atoms with Gasteiger partial charge < -0.3 is 4.42 Å². The summed E-state index contributed by atoms with van der Waals surface area (Å²) < 4.78 is 8.89. The van der Waals surface area contributed by atoms with Crippen molar-refractivity contribution in [3.05, 3.63) is 81.2 Å². The van der Waals surface area contributed by atoms with Crippen LogP contribution >= 0.6 is 28.1 Å². The van der Waals surface area contributed by atoms with Crippen molar-refractivity contribution in [2.75, 3.05) is 0 Å². The molecule has 4 aromatic rings. The number of halogens is 1. The number of aryl methyl sites for hydroxylation is 1. The van der Waals surface area contributed by atoms with Crippen molar-refractivity contribution >= 4 is 34.4 Å². The fourth-order valence-corrected chi connectivity index (χ4v) is 3.40. The van der Waals surface area contributed by atoms with Crippen LogP contribution < -0.4 is 0 Å². The first kappa shape index (κ1) is 17.6. The Bertz CT molecular complexity index is 1190. The molecule has 0 spiro atoms. The lowest BCUT2D eigenvalue weighted by molar-refractivity contribution is 0.574. The van der Waals surface area contributed by atoms with Crippen LogP contribution in [0.25, 0.3) is 22.7 Å². The van der Waals surface area contributed by atoms with E-state index in [1.165, 1.54) is 0 Å². The van der Waals surface area contributed by atoms with Crippen LogP contribution in [0.15, 0.2) is 74.7 Å². The molecular weight excluding hydrogens is 424 g/mol. The predicted octanol–water partition coefficient (Wildman–Crippen LogP) is 5.82. The van der Waals surface area contributed by atoms with Crippen molar-refractivity contribution in [1.29, 1.82) is 0 Å². The summed E-state index contributed by atoms with van der Waals surface area (Å²) in [5.41, 5.74) is 3.05. The van der Waals surface area contributed by atoms with E-state index in [2.05, 4.69) is 31.2 Å². The second-order valence-corrected chi connectivity index (χ2v) is 7.15. The van der Waals surface area contributed by atoms with Crippen molar-refractivity contribution in [1.82, 2.24) is 14.9 Å². The van der Waals surface area contributed by atoms with Gasteiger partial charge in [0.2, 0.25) is 4.77 Å². The molecule has 27 heavy (non-hydrogen) atoms. The molecule has 2 aromatic carbocycles. The number of hydrogen-bond acceptors (Lipinski definition) is 4. The number of benzene rings is 2. The van der Waals surface area contributed by atoms with Crippen molar-refractivity contribution < 1.29 is 4.42 Å². The number of nitrogens with one attached hydrogen (secondary N) is 1. The first-order chi connectivity index (χ1) is 13.1. The Kier molecular flexibility index (Phi) is 4.87. The van der Waals surface area contributed by atoms with E-state index in [9.17, 15) is 0 Å². The van der Waals surface area contributed by atoms with Crippen LogP contribution in [-0.4, -0.2) is 21.1 Å². The molecule has 2 heterocycles. The van der Waals surface area contributed by atoms with Gasteiger partial charge in [-0.25, -0.2) is 5.10 Å². The highest BCUT2D eigenvalue weighted by molar-refractivity contribution is 9.10. The molecular formula is C20H15BrN4OS. The maximum atomic E-state index is 5.90. The predicted molar refractivity (Wildman–Crippen MR) is 112 cm³/mol. The zero-order valence-corrected chi connectivity index (χ0v) is 16.8. The molecule has 2 aromatic heterocycles. The van der Waals surface area contributed by atoms with E-state index in [4.69, 9.17) is 16.6 Å². The Morgan fingerprint density at radius 1 is 1.07 bits per heavy atom. The van der Waals surface area contributed by atoms with Crippen LogP contribution in [0.1, 0.15) is 11.3 Å². The van der Waals surface area contributed by atoms with Crippen LogP contribution in [0.2, 0.25) is 0 Å². The number of H-pyrrole nitrogens is 1. The van der Waals surface area contributed by atoms with Gasteiger partial charge in [-0.2, -0.15) is 14.9 Å². The molecule has 0 radical (unpaired) electrons. The number of aromatic amines is 1. The number of furan rings is 1. The van der Waals surface area contributed by atoms with E-state index in [1.54, 1.807) is 10.9 Å². The first-order valence-corrected chi connectivity index (χ1v) is 9.46. The molecule has 0 fully saturated rings. The molecule has 0 saturated carbocycles. The Labute approximate surface area is 169 Å². The van der Waals surface area contributed by atoms with E-state index < -0.39 is 0 Å². The van der Waals surface area contributed by atoms with Crippen LogP contribution in [0.4, 0.5) is 0 Å². The zero-order valence-electron chi connectivity index (χ0n) is 14.4. The molecule has 134 valence electrons. The third-order valence-corrected chi connectivity index (χ3v) is 5.06. The lowest BCUT2D eigenvalue weighted by Crippen LogP contribution is -1.96. The molecule has 0 aliphatic heterocycles. The van der Waals surface area contributed by atoms with E-state index in [1.807, 2.05) is 67.6 Å². The molecule has 0 aliphatic rings. The summed E-state index contributed by atoms with van der Waals surface area (Å²) in [6, 6.07) is 19.7. The molecule has 5 nitrogen and oxygen atoms in total. The van der Waals surface area contributed by atoms with Gasteiger partial charge in [-0.3, -0.25) is 0 Å². The standard InChI is InChI=1S/C20H15BrN4OS/c1-13-6-2-3-7-15(13)19-23-24-20(27)25(19)22-12-14-10-11-18(26-14)16-8-4-5-9-17(16)21/h2-12H,1H3,(H,24,27). The monoisotopic (exact) mass is 438 g/mol. The van der Waals surface area contributed by atoms with Gasteiger partial charge in [0.15, 0.2) is 5.82 Å². The van der Waals surface area contributed by atoms with Gasteiger partial charge in [0.1, 0.15) is 11.5 Å². The highest BCUT2D eigenvalue weighted by Crippen LogP contribution is 2.29. The number of aromatic nitrogens is 3. The highest BCUT2D eigenvalue weighted by Gasteiger charge is 2.11. The topological polar surface area (TPSA) is 59.1 Å². The minimum absolute atomic E-state index is 0.419. The Morgan fingerprint density at radius 3 is 2.59 bits per heavy atom. The van der Waals surface area contributed by atoms with E-state index >= 15 is 0 Å². The molecule has 7 heteroatoms. The minimum atomic E-state index is 0.419. The Balaban J connectivity index is 1.67. The molecule has 4 rings (SSSR count). The lowest BCUT2D eigenvalue weighted by Gasteiger charge is -2.03. The van der Waals surface area contributed by atoms with Crippen LogP contribution in [-0.2, 0) is 0 Å². The molecule has 0 bridgehead atoms. The van der Waals surface area contributed by atoms with E-state index in [-0.39, 0.29) is 0 Å². The summed E-state index contributed by atoms with van der Waals surface area (Å²) in [5, 5.41) is 11.6. The molecule has 1 N–H and O–H groups in total. The van der Waals surface area contributed by atoms with Crippen molar-refractivity contribution in [2.24, 2.45) is 5.10 Å². The maximum absolute atomic E-state index is 5.90. The smallest absolute Gasteiger partial charge is 0.216 e. The van der Waals surface area contributed by atoms with Gasteiger partial charge in [0, 0.05) is 15.6 Å². The number of nitrogens with zero attached hydrogens (tertiary/aromatic N) is 3. The fraction of sp³-hybridized carbons (Fsp3) is 0.0500. The average molecular weight is 439 g/mol. The molecule has 0 unspecified atom stereocenters. The number of rotatable bonds is 4. The third kappa shape index (κ3) is 3.56. The van der Waals surface area contributed by atoms with Gasteiger partial charge in [-0.1, -0.05) is 58.4 Å². The van der Waals surface area contributed by atoms with Gasteiger partial charge in [-0.05, 0) is 42.9 Å². The fourth-order valence-electron chi connectivity index (χ4n) is 2.74. The van der Waals surface area contributed by atoms with Gasteiger partial charge in [-0.15, -0.1) is 0 Å². The molecule has 0 saturated heterocycles. The average Bonchev–Trinajstić information content (AvgIpc) is 3.28. The van der Waals surface area contributed by atoms with Crippen LogP contribution in [0.5, 0.6) is 0 Å². The van der Waals surface area contributed by atoms with Crippen molar-refractivity contribution in [2.45, 2.75) is 6.92 Å². The summed E-state index contributed by atoms with van der Waals surface area (Å²) in [5.74, 6) is 2.05. The second kappa shape index (κ2) is 7.46. The summed E-state index contributed by atoms with van der Waals surface area (Å²) in [7, 11) is 0.